The first-order chi connectivity index (χ1) is 7.25. The SMILES string of the molecule is CCCCCSc1nccnc1C(=O)O. The Morgan fingerprint density at radius 1 is 1.40 bits per heavy atom. The summed E-state index contributed by atoms with van der Waals surface area (Å²) in [7, 11) is 0. The summed E-state index contributed by atoms with van der Waals surface area (Å²) in [6.45, 7) is 2.13. The fraction of sp³-hybridized carbons (Fsp3) is 0.500. The molecule has 82 valence electrons. The summed E-state index contributed by atoms with van der Waals surface area (Å²) in [4.78, 5) is 18.6. The number of carboxylic acid groups (broad SMARTS) is 1. The Labute approximate surface area is 93.1 Å². The van der Waals surface area contributed by atoms with Crippen molar-refractivity contribution in [2.24, 2.45) is 0 Å². The summed E-state index contributed by atoms with van der Waals surface area (Å²) < 4.78 is 0. The monoisotopic (exact) mass is 226 g/mol. The van der Waals surface area contributed by atoms with Crippen LogP contribution in [-0.2, 0) is 0 Å². The van der Waals surface area contributed by atoms with Crippen LogP contribution >= 0.6 is 11.8 Å². The third kappa shape index (κ3) is 3.87. The van der Waals surface area contributed by atoms with Gasteiger partial charge in [-0.05, 0) is 12.2 Å². The molecule has 0 fully saturated rings. The van der Waals surface area contributed by atoms with Crippen molar-refractivity contribution in [1.29, 1.82) is 0 Å². The van der Waals surface area contributed by atoms with Crippen LogP contribution in [-0.4, -0.2) is 26.8 Å². The summed E-state index contributed by atoms with van der Waals surface area (Å²) in [5.74, 6) is -0.117. The molecule has 1 aromatic heterocycles. The first kappa shape index (κ1) is 12.0. The Bertz CT molecular complexity index is 331. The van der Waals surface area contributed by atoms with E-state index < -0.39 is 5.97 Å². The van der Waals surface area contributed by atoms with Crippen molar-refractivity contribution < 1.29 is 9.90 Å². The number of hydrogen-bond donors (Lipinski definition) is 1. The maximum absolute atomic E-state index is 10.8. The molecule has 0 aliphatic rings. The Hall–Kier alpha value is -1.10. The zero-order valence-electron chi connectivity index (χ0n) is 8.64. The minimum absolute atomic E-state index is 0.0546. The average molecular weight is 226 g/mol. The van der Waals surface area contributed by atoms with Crippen LogP contribution in [0.5, 0.6) is 0 Å². The van der Waals surface area contributed by atoms with E-state index >= 15 is 0 Å². The number of rotatable bonds is 6. The van der Waals surface area contributed by atoms with Crippen molar-refractivity contribution in [2.75, 3.05) is 5.75 Å². The van der Waals surface area contributed by atoms with Crippen LogP contribution in [0.4, 0.5) is 0 Å². The van der Waals surface area contributed by atoms with Gasteiger partial charge in [0.15, 0.2) is 5.69 Å². The standard InChI is InChI=1S/C10H14N2O2S/c1-2-3-4-7-15-9-8(10(13)14)11-5-6-12-9/h5-6H,2-4,7H2,1H3,(H,13,14). The van der Waals surface area contributed by atoms with Gasteiger partial charge in [0.25, 0.3) is 0 Å². The van der Waals surface area contributed by atoms with Gasteiger partial charge in [-0.25, -0.2) is 14.8 Å². The number of unbranched alkanes of at least 4 members (excludes halogenated alkanes) is 2. The number of thioether (sulfide) groups is 1. The Morgan fingerprint density at radius 2 is 2.13 bits per heavy atom. The van der Waals surface area contributed by atoms with Crippen molar-refractivity contribution in [2.45, 2.75) is 31.2 Å². The van der Waals surface area contributed by atoms with Gasteiger partial charge in [0.2, 0.25) is 0 Å². The molecular formula is C10H14N2O2S. The summed E-state index contributed by atoms with van der Waals surface area (Å²) in [5, 5.41) is 9.37. The number of aromatic nitrogens is 2. The van der Waals surface area contributed by atoms with Crippen LogP contribution in [0.1, 0.15) is 36.7 Å². The van der Waals surface area contributed by atoms with Crippen LogP contribution < -0.4 is 0 Å². The number of carbonyl (C=O) groups is 1. The fourth-order valence-electron chi connectivity index (χ4n) is 1.10. The minimum atomic E-state index is -1.01. The first-order valence-corrected chi connectivity index (χ1v) is 5.91. The highest BCUT2D eigenvalue weighted by Crippen LogP contribution is 2.19. The number of hydrogen-bond acceptors (Lipinski definition) is 4. The zero-order chi connectivity index (χ0) is 11.1. The van der Waals surface area contributed by atoms with E-state index in [9.17, 15) is 4.79 Å². The predicted octanol–water partition coefficient (Wildman–Crippen LogP) is 2.46. The molecule has 0 saturated carbocycles. The molecule has 0 atom stereocenters. The lowest BCUT2D eigenvalue weighted by molar-refractivity contribution is 0.0685. The lowest BCUT2D eigenvalue weighted by Crippen LogP contribution is -2.04. The maximum Gasteiger partial charge on any atom is 0.357 e. The maximum atomic E-state index is 10.8. The molecule has 0 unspecified atom stereocenters. The molecule has 0 amide bonds. The van der Waals surface area contributed by atoms with E-state index in [-0.39, 0.29) is 5.69 Å². The van der Waals surface area contributed by atoms with E-state index in [4.69, 9.17) is 5.11 Å². The second-order valence-electron chi connectivity index (χ2n) is 3.07. The van der Waals surface area contributed by atoms with Crippen molar-refractivity contribution >= 4 is 17.7 Å². The van der Waals surface area contributed by atoms with Gasteiger partial charge in [0.05, 0.1) is 0 Å². The molecule has 0 spiro atoms. The molecular weight excluding hydrogens is 212 g/mol. The molecule has 15 heavy (non-hydrogen) atoms. The smallest absolute Gasteiger partial charge is 0.357 e. The lowest BCUT2D eigenvalue weighted by Gasteiger charge is -2.02. The summed E-state index contributed by atoms with van der Waals surface area (Å²) >= 11 is 1.46. The van der Waals surface area contributed by atoms with Gasteiger partial charge in [-0.3, -0.25) is 0 Å². The fourth-order valence-corrected chi connectivity index (χ4v) is 2.05. The van der Waals surface area contributed by atoms with E-state index in [1.807, 2.05) is 0 Å². The van der Waals surface area contributed by atoms with E-state index in [0.29, 0.717) is 5.03 Å². The number of aromatic carboxylic acids is 1. The molecule has 4 nitrogen and oxygen atoms in total. The molecule has 1 heterocycles. The predicted molar refractivity (Wildman–Crippen MR) is 59.2 cm³/mol. The first-order valence-electron chi connectivity index (χ1n) is 4.92. The highest BCUT2D eigenvalue weighted by atomic mass is 32.2. The summed E-state index contributed by atoms with van der Waals surface area (Å²) in [5.41, 5.74) is 0.0546. The highest BCUT2D eigenvalue weighted by Gasteiger charge is 2.12. The molecule has 1 rings (SSSR count). The van der Waals surface area contributed by atoms with Gasteiger partial charge in [0, 0.05) is 12.4 Å². The van der Waals surface area contributed by atoms with Gasteiger partial charge >= 0.3 is 5.97 Å². The van der Waals surface area contributed by atoms with Crippen LogP contribution in [0.3, 0.4) is 0 Å². The molecule has 0 radical (unpaired) electrons. The average Bonchev–Trinajstić information content (AvgIpc) is 2.25. The van der Waals surface area contributed by atoms with Gasteiger partial charge < -0.3 is 5.11 Å². The molecule has 1 aromatic rings. The van der Waals surface area contributed by atoms with Crippen LogP contribution in [0, 0.1) is 0 Å². The highest BCUT2D eigenvalue weighted by molar-refractivity contribution is 7.99. The van der Waals surface area contributed by atoms with Crippen LogP contribution in [0.2, 0.25) is 0 Å². The quantitative estimate of drug-likeness (QED) is 0.596. The summed E-state index contributed by atoms with van der Waals surface area (Å²) in [6, 6.07) is 0. The normalized spacial score (nSPS) is 10.2. The van der Waals surface area contributed by atoms with Crippen LogP contribution in [0.25, 0.3) is 0 Å². The van der Waals surface area contributed by atoms with Gasteiger partial charge in [-0.1, -0.05) is 19.8 Å². The van der Waals surface area contributed by atoms with E-state index in [2.05, 4.69) is 16.9 Å². The van der Waals surface area contributed by atoms with Crippen molar-refractivity contribution in [1.82, 2.24) is 9.97 Å². The molecule has 0 aromatic carbocycles. The zero-order valence-corrected chi connectivity index (χ0v) is 9.46. The largest absolute Gasteiger partial charge is 0.476 e. The van der Waals surface area contributed by atoms with Crippen LogP contribution in [0.15, 0.2) is 17.4 Å². The molecule has 5 heteroatoms. The Morgan fingerprint density at radius 3 is 2.80 bits per heavy atom. The Kier molecular flexibility index (Phi) is 5.10. The minimum Gasteiger partial charge on any atom is -0.476 e. The third-order valence-electron chi connectivity index (χ3n) is 1.85. The second-order valence-corrected chi connectivity index (χ2v) is 4.15. The molecule has 1 N–H and O–H groups in total. The van der Waals surface area contributed by atoms with Gasteiger partial charge in [-0.2, -0.15) is 0 Å². The molecule has 0 bridgehead atoms. The van der Waals surface area contributed by atoms with Gasteiger partial charge in [0.1, 0.15) is 5.03 Å². The van der Waals surface area contributed by atoms with Crippen molar-refractivity contribution in [3.05, 3.63) is 18.1 Å². The lowest BCUT2D eigenvalue weighted by atomic mass is 10.3. The van der Waals surface area contributed by atoms with Crippen molar-refractivity contribution in [3.8, 4) is 0 Å². The van der Waals surface area contributed by atoms with E-state index in [0.717, 1.165) is 25.0 Å². The molecule has 0 aliphatic heterocycles. The van der Waals surface area contributed by atoms with Crippen molar-refractivity contribution in [3.63, 3.8) is 0 Å². The second kappa shape index (κ2) is 6.40. The number of carboxylic acids is 1. The van der Waals surface area contributed by atoms with E-state index in [1.54, 1.807) is 0 Å². The topological polar surface area (TPSA) is 63.1 Å². The van der Waals surface area contributed by atoms with E-state index in [1.165, 1.54) is 24.2 Å². The Balaban J connectivity index is 2.56. The number of nitrogens with zero attached hydrogens (tertiary/aromatic N) is 2. The van der Waals surface area contributed by atoms with Gasteiger partial charge in [-0.15, -0.1) is 11.8 Å². The third-order valence-corrected chi connectivity index (χ3v) is 2.92. The molecule has 0 saturated heterocycles. The molecule has 0 aliphatic carbocycles. The summed E-state index contributed by atoms with van der Waals surface area (Å²) in [6.07, 6.45) is 6.33.